The summed E-state index contributed by atoms with van der Waals surface area (Å²) in [6, 6.07) is 3.06. The first kappa shape index (κ1) is 23.3. The summed E-state index contributed by atoms with van der Waals surface area (Å²) in [7, 11) is 1.66. The molecule has 3 rings (SSSR count). The number of morpholine rings is 1. The van der Waals surface area contributed by atoms with E-state index in [9.17, 15) is 8.78 Å². The molecule has 10 heteroatoms. The average molecular weight is 443 g/mol. The SMILES string of the molecule is CN=C(NCc1cc2c(cc1OC(F)F)OCO2)NCC(C)(C)N1CC(C)OC(C)C1. The quantitative estimate of drug-likeness (QED) is 0.497. The van der Waals surface area contributed by atoms with Gasteiger partial charge in [-0.2, -0.15) is 8.78 Å². The number of nitrogens with one attached hydrogen (secondary N) is 2. The molecule has 8 nitrogen and oxygen atoms in total. The van der Waals surface area contributed by atoms with Gasteiger partial charge < -0.3 is 29.6 Å². The van der Waals surface area contributed by atoms with E-state index in [0.717, 1.165) is 13.1 Å². The highest BCUT2D eigenvalue weighted by Gasteiger charge is 2.33. The summed E-state index contributed by atoms with van der Waals surface area (Å²) in [5.74, 6) is 1.48. The molecule has 0 aromatic heterocycles. The number of nitrogens with zero attached hydrogens (tertiary/aromatic N) is 2. The van der Waals surface area contributed by atoms with Crippen molar-refractivity contribution in [3.05, 3.63) is 17.7 Å². The molecule has 2 N–H and O–H groups in total. The number of halogens is 2. The van der Waals surface area contributed by atoms with E-state index in [0.29, 0.717) is 29.6 Å². The Bertz CT molecular complexity index is 781. The van der Waals surface area contributed by atoms with Gasteiger partial charge in [-0.05, 0) is 33.8 Å². The monoisotopic (exact) mass is 442 g/mol. The predicted molar refractivity (Wildman–Crippen MR) is 113 cm³/mol. The third-order valence-electron chi connectivity index (χ3n) is 5.41. The highest BCUT2D eigenvalue weighted by Crippen LogP contribution is 2.38. The zero-order chi connectivity index (χ0) is 22.6. The van der Waals surface area contributed by atoms with Crippen molar-refractivity contribution in [1.82, 2.24) is 15.5 Å². The fraction of sp³-hybridized carbons (Fsp3) is 0.667. The summed E-state index contributed by atoms with van der Waals surface area (Å²) in [4.78, 5) is 6.65. The molecule has 0 radical (unpaired) electrons. The Hall–Kier alpha value is -2.33. The van der Waals surface area contributed by atoms with Crippen LogP contribution in [0.2, 0.25) is 0 Å². The van der Waals surface area contributed by atoms with Crippen LogP contribution < -0.4 is 24.8 Å². The lowest BCUT2D eigenvalue weighted by molar-refractivity contribution is -0.0946. The molecule has 1 fully saturated rings. The summed E-state index contributed by atoms with van der Waals surface area (Å²) in [6.45, 7) is 8.21. The van der Waals surface area contributed by atoms with Gasteiger partial charge in [0.25, 0.3) is 0 Å². The molecular formula is C21H32F2N4O4. The van der Waals surface area contributed by atoms with E-state index in [2.05, 4.69) is 53.0 Å². The molecule has 31 heavy (non-hydrogen) atoms. The lowest BCUT2D eigenvalue weighted by Gasteiger charge is -2.45. The van der Waals surface area contributed by atoms with E-state index in [1.54, 1.807) is 13.1 Å². The second-order valence-electron chi connectivity index (χ2n) is 8.45. The molecule has 2 unspecified atom stereocenters. The van der Waals surface area contributed by atoms with Crippen LogP contribution in [0.1, 0.15) is 33.3 Å². The molecule has 2 heterocycles. The first-order valence-corrected chi connectivity index (χ1v) is 10.4. The molecule has 174 valence electrons. The Morgan fingerprint density at radius 3 is 2.45 bits per heavy atom. The van der Waals surface area contributed by atoms with E-state index < -0.39 is 6.61 Å². The van der Waals surface area contributed by atoms with Crippen LogP contribution in [0.25, 0.3) is 0 Å². The summed E-state index contributed by atoms with van der Waals surface area (Å²) >= 11 is 0. The number of rotatable bonds is 7. The van der Waals surface area contributed by atoms with Gasteiger partial charge in [-0.15, -0.1) is 0 Å². The molecule has 2 atom stereocenters. The number of ether oxygens (including phenoxy) is 4. The Morgan fingerprint density at radius 1 is 1.19 bits per heavy atom. The molecule has 2 aliphatic rings. The van der Waals surface area contributed by atoms with E-state index >= 15 is 0 Å². The molecule has 0 bridgehead atoms. The first-order valence-electron chi connectivity index (χ1n) is 10.4. The number of fused-ring (bicyclic) bond motifs is 1. The van der Waals surface area contributed by atoms with Crippen LogP contribution in [0.5, 0.6) is 17.2 Å². The normalized spacial score (nSPS) is 22.0. The molecule has 1 saturated heterocycles. The van der Waals surface area contributed by atoms with Crippen molar-refractivity contribution in [1.29, 1.82) is 0 Å². The lowest BCUT2D eigenvalue weighted by Crippen LogP contribution is -2.59. The number of benzene rings is 1. The summed E-state index contributed by atoms with van der Waals surface area (Å²) in [6.07, 6.45) is 0.361. The maximum Gasteiger partial charge on any atom is 0.387 e. The van der Waals surface area contributed by atoms with E-state index in [1.165, 1.54) is 6.07 Å². The highest BCUT2D eigenvalue weighted by atomic mass is 19.3. The van der Waals surface area contributed by atoms with Crippen LogP contribution in [0.4, 0.5) is 8.78 Å². The van der Waals surface area contributed by atoms with Crippen LogP contribution in [0.15, 0.2) is 17.1 Å². The first-order chi connectivity index (χ1) is 14.7. The van der Waals surface area contributed by atoms with Crippen LogP contribution >= 0.6 is 0 Å². The van der Waals surface area contributed by atoms with E-state index in [-0.39, 0.29) is 36.8 Å². The third kappa shape index (κ3) is 6.10. The molecule has 1 aromatic rings. The van der Waals surface area contributed by atoms with E-state index in [1.807, 2.05) is 0 Å². The molecule has 2 aliphatic heterocycles. The van der Waals surface area contributed by atoms with Gasteiger partial charge in [0.2, 0.25) is 6.79 Å². The van der Waals surface area contributed by atoms with Gasteiger partial charge in [0.1, 0.15) is 5.75 Å². The van der Waals surface area contributed by atoms with Crippen molar-refractivity contribution in [3.8, 4) is 17.2 Å². The summed E-state index contributed by atoms with van der Waals surface area (Å²) < 4.78 is 46.8. The van der Waals surface area contributed by atoms with Crippen LogP contribution in [0.3, 0.4) is 0 Å². The molecule has 0 aliphatic carbocycles. The van der Waals surface area contributed by atoms with Crippen LogP contribution in [-0.4, -0.2) is 68.7 Å². The average Bonchev–Trinajstić information content (AvgIpc) is 3.14. The van der Waals surface area contributed by atoms with Crippen molar-refractivity contribution in [2.24, 2.45) is 4.99 Å². The Labute approximate surface area is 181 Å². The zero-order valence-corrected chi connectivity index (χ0v) is 18.7. The molecule has 0 amide bonds. The maximum atomic E-state index is 12.8. The Balaban J connectivity index is 1.61. The summed E-state index contributed by atoms with van der Waals surface area (Å²) in [5.41, 5.74) is 0.384. The maximum absolute atomic E-state index is 12.8. The third-order valence-corrected chi connectivity index (χ3v) is 5.41. The predicted octanol–water partition coefficient (Wildman–Crippen LogP) is 2.57. The number of hydrogen-bond acceptors (Lipinski definition) is 6. The van der Waals surface area contributed by atoms with Gasteiger partial charge in [-0.25, -0.2) is 0 Å². The van der Waals surface area contributed by atoms with Gasteiger partial charge in [0.05, 0.1) is 12.2 Å². The fourth-order valence-electron chi connectivity index (χ4n) is 3.79. The minimum Gasteiger partial charge on any atom is -0.454 e. The minimum absolute atomic E-state index is 0.0406. The molecule has 0 saturated carbocycles. The highest BCUT2D eigenvalue weighted by molar-refractivity contribution is 5.79. The van der Waals surface area contributed by atoms with Crippen molar-refractivity contribution in [2.75, 3.05) is 33.5 Å². The lowest BCUT2D eigenvalue weighted by atomic mass is 10.00. The van der Waals surface area contributed by atoms with Crippen LogP contribution in [0, 0.1) is 0 Å². The second kappa shape index (κ2) is 9.86. The number of alkyl halides is 2. The van der Waals surface area contributed by atoms with Crippen molar-refractivity contribution >= 4 is 5.96 Å². The molecular weight excluding hydrogens is 410 g/mol. The number of aliphatic imine (C=N–C) groups is 1. The van der Waals surface area contributed by atoms with Crippen molar-refractivity contribution < 1.29 is 27.7 Å². The zero-order valence-electron chi connectivity index (χ0n) is 18.7. The Kier molecular flexibility index (Phi) is 7.42. The van der Waals surface area contributed by atoms with E-state index in [4.69, 9.17) is 14.2 Å². The minimum atomic E-state index is -2.93. The molecule has 0 spiro atoms. The topological polar surface area (TPSA) is 76.6 Å². The number of hydrogen-bond donors (Lipinski definition) is 2. The smallest absolute Gasteiger partial charge is 0.387 e. The second-order valence-corrected chi connectivity index (χ2v) is 8.45. The standard InChI is InChI=1S/C21H32F2N4O4/c1-13-9-27(10-14(2)30-13)21(3,4)11-26-20(24-5)25-8-15-6-17-18(29-12-28-17)7-16(15)31-19(22)23/h6-7,13-14,19H,8-12H2,1-5H3,(H2,24,25,26). The molecule has 1 aromatic carbocycles. The largest absolute Gasteiger partial charge is 0.454 e. The van der Waals surface area contributed by atoms with Crippen molar-refractivity contribution in [2.45, 2.75) is 58.6 Å². The van der Waals surface area contributed by atoms with Gasteiger partial charge >= 0.3 is 6.61 Å². The van der Waals surface area contributed by atoms with Gasteiger partial charge in [-0.3, -0.25) is 9.89 Å². The van der Waals surface area contributed by atoms with Crippen molar-refractivity contribution in [3.63, 3.8) is 0 Å². The fourth-order valence-corrected chi connectivity index (χ4v) is 3.79. The van der Waals surface area contributed by atoms with Gasteiger partial charge in [0, 0.05) is 50.4 Å². The Morgan fingerprint density at radius 2 is 1.84 bits per heavy atom. The van der Waals surface area contributed by atoms with Gasteiger partial charge in [-0.1, -0.05) is 0 Å². The van der Waals surface area contributed by atoms with Gasteiger partial charge in [0.15, 0.2) is 17.5 Å². The number of guanidine groups is 1. The summed E-state index contributed by atoms with van der Waals surface area (Å²) in [5, 5.41) is 6.49. The van der Waals surface area contributed by atoms with Crippen LogP contribution in [-0.2, 0) is 11.3 Å².